The average Bonchev–Trinajstić information content (AvgIpc) is 3.00. The predicted molar refractivity (Wildman–Crippen MR) is 99.5 cm³/mol. The maximum absolute atomic E-state index is 12.4. The smallest absolute Gasteiger partial charge is 0.260 e. The first-order valence-electron chi connectivity index (χ1n) is 8.14. The zero-order chi connectivity index (χ0) is 18.7. The van der Waals surface area contributed by atoms with Gasteiger partial charge in [-0.15, -0.1) is 11.3 Å². The van der Waals surface area contributed by atoms with Crippen LogP contribution in [0.25, 0.3) is 10.2 Å². The zero-order valence-electron chi connectivity index (χ0n) is 14.3. The van der Waals surface area contributed by atoms with Crippen molar-refractivity contribution in [3.63, 3.8) is 0 Å². The first kappa shape index (κ1) is 18.7. The van der Waals surface area contributed by atoms with E-state index >= 15 is 0 Å². The summed E-state index contributed by atoms with van der Waals surface area (Å²) < 4.78 is 31.2. The lowest BCUT2D eigenvalue weighted by molar-refractivity contribution is -0.134. The van der Waals surface area contributed by atoms with E-state index in [4.69, 9.17) is 4.74 Å². The highest BCUT2D eigenvalue weighted by atomic mass is 32.2. The minimum Gasteiger partial charge on any atom is -0.467 e. The van der Waals surface area contributed by atoms with Crippen LogP contribution in [0.2, 0.25) is 0 Å². The van der Waals surface area contributed by atoms with Crippen molar-refractivity contribution in [3.8, 4) is 5.88 Å². The number of thiophene rings is 1. The second kappa shape index (κ2) is 7.68. The molecule has 3 rings (SSSR count). The summed E-state index contributed by atoms with van der Waals surface area (Å²) in [5.41, 5.74) is 0. The predicted octanol–water partition coefficient (Wildman–Crippen LogP) is 1.43. The molecule has 1 aliphatic heterocycles. The van der Waals surface area contributed by atoms with Crippen LogP contribution in [0.3, 0.4) is 0 Å². The van der Waals surface area contributed by atoms with Crippen LogP contribution in [0, 0.1) is 6.92 Å². The van der Waals surface area contributed by atoms with Gasteiger partial charge < -0.3 is 9.64 Å². The summed E-state index contributed by atoms with van der Waals surface area (Å²) in [7, 11) is -3.45. The normalized spacial score (nSPS) is 16.0. The van der Waals surface area contributed by atoms with Gasteiger partial charge in [-0.05, 0) is 25.8 Å². The standard InChI is InChI=1S/C16H20N4O4S2/c1-3-26(22,23)19-12-4-6-20(7-5-12)14(21)9-24-15-13-8-11(2)25-16(13)18-10-17-15/h3,8,10,12,19H,1,4-7,9H2,2H3. The Morgan fingerprint density at radius 1 is 1.46 bits per heavy atom. The monoisotopic (exact) mass is 396 g/mol. The van der Waals surface area contributed by atoms with Gasteiger partial charge in [-0.3, -0.25) is 4.79 Å². The lowest BCUT2D eigenvalue weighted by Gasteiger charge is -2.31. The van der Waals surface area contributed by atoms with Crippen LogP contribution >= 0.6 is 11.3 Å². The molecule has 1 saturated heterocycles. The number of rotatable bonds is 6. The Balaban J connectivity index is 1.54. The topological polar surface area (TPSA) is 101 Å². The lowest BCUT2D eigenvalue weighted by atomic mass is 10.1. The van der Waals surface area contributed by atoms with Gasteiger partial charge in [0.2, 0.25) is 15.9 Å². The number of sulfonamides is 1. The molecular weight excluding hydrogens is 376 g/mol. The Bertz CT molecular complexity index is 917. The second-order valence-electron chi connectivity index (χ2n) is 6.03. The maximum Gasteiger partial charge on any atom is 0.260 e. The fourth-order valence-electron chi connectivity index (χ4n) is 2.82. The summed E-state index contributed by atoms with van der Waals surface area (Å²) in [5, 5.41) is 1.70. The van der Waals surface area contributed by atoms with Crippen LogP contribution in [0.1, 0.15) is 17.7 Å². The Hall–Kier alpha value is -2.04. The Morgan fingerprint density at radius 2 is 2.19 bits per heavy atom. The number of aromatic nitrogens is 2. The third-order valence-corrected chi connectivity index (χ3v) is 6.21. The molecule has 8 nitrogen and oxygen atoms in total. The number of amides is 1. The van der Waals surface area contributed by atoms with Crippen molar-refractivity contribution in [1.82, 2.24) is 19.6 Å². The fourth-order valence-corrected chi connectivity index (χ4v) is 4.45. The van der Waals surface area contributed by atoms with Crippen molar-refractivity contribution >= 4 is 37.5 Å². The molecular formula is C16H20N4O4S2. The van der Waals surface area contributed by atoms with Gasteiger partial charge in [-0.2, -0.15) is 0 Å². The first-order valence-corrected chi connectivity index (χ1v) is 10.5. The summed E-state index contributed by atoms with van der Waals surface area (Å²) in [4.78, 5) is 24.3. The molecule has 1 N–H and O–H groups in total. The highest BCUT2D eigenvalue weighted by Crippen LogP contribution is 2.28. The van der Waals surface area contributed by atoms with E-state index in [0.29, 0.717) is 31.8 Å². The van der Waals surface area contributed by atoms with E-state index in [9.17, 15) is 13.2 Å². The van der Waals surface area contributed by atoms with Gasteiger partial charge in [0.05, 0.1) is 5.39 Å². The van der Waals surface area contributed by atoms with E-state index < -0.39 is 10.0 Å². The average molecular weight is 396 g/mol. The maximum atomic E-state index is 12.4. The van der Waals surface area contributed by atoms with Crippen LogP contribution in [0.15, 0.2) is 24.4 Å². The van der Waals surface area contributed by atoms with E-state index in [1.165, 1.54) is 6.33 Å². The Labute approximate surface area is 155 Å². The van der Waals surface area contributed by atoms with Gasteiger partial charge in [0.15, 0.2) is 6.61 Å². The van der Waals surface area contributed by atoms with Gasteiger partial charge in [-0.1, -0.05) is 6.58 Å². The molecule has 1 aliphatic rings. The minimum absolute atomic E-state index is 0.107. The molecule has 0 saturated carbocycles. The number of carbonyl (C=O) groups excluding carboxylic acids is 1. The van der Waals surface area contributed by atoms with Crippen molar-refractivity contribution in [2.24, 2.45) is 0 Å². The van der Waals surface area contributed by atoms with E-state index in [2.05, 4.69) is 21.3 Å². The number of nitrogens with one attached hydrogen (secondary N) is 1. The van der Waals surface area contributed by atoms with Gasteiger partial charge in [-0.25, -0.2) is 23.1 Å². The van der Waals surface area contributed by atoms with Gasteiger partial charge >= 0.3 is 0 Å². The summed E-state index contributed by atoms with van der Waals surface area (Å²) >= 11 is 1.55. The molecule has 10 heteroatoms. The summed E-state index contributed by atoms with van der Waals surface area (Å²) in [6.07, 6.45) is 2.54. The van der Waals surface area contributed by atoms with Crippen molar-refractivity contribution in [2.75, 3.05) is 19.7 Å². The van der Waals surface area contributed by atoms with Gasteiger partial charge in [0.25, 0.3) is 5.91 Å². The second-order valence-corrected chi connectivity index (χ2v) is 8.92. The largest absolute Gasteiger partial charge is 0.467 e. The van der Waals surface area contributed by atoms with Crippen LogP contribution < -0.4 is 9.46 Å². The third-order valence-electron chi connectivity index (χ3n) is 4.15. The number of carbonyl (C=O) groups is 1. The molecule has 1 fully saturated rings. The van der Waals surface area contributed by atoms with E-state index in [-0.39, 0.29) is 18.6 Å². The van der Waals surface area contributed by atoms with Crippen LogP contribution in [0.5, 0.6) is 5.88 Å². The highest BCUT2D eigenvalue weighted by Gasteiger charge is 2.25. The molecule has 3 heterocycles. The fraction of sp³-hybridized carbons (Fsp3) is 0.438. The number of hydrogen-bond acceptors (Lipinski definition) is 7. The molecule has 0 aliphatic carbocycles. The van der Waals surface area contributed by atoms with E-state index in [1.54, 1.807) is 16.2 Å². The summed E-state index contributed by atoms with van der Waals surface area (Å²) in [5.74, 6) is 0.259. The van der Waals surface area contributed by atoms with Crippen molar-refractivity contribution in [1.29, 1.82) is 0 Å². The third kappa shape index (κ3) is 4.37. The van der Waals surface area contributed by atoms with Crippen LogP contribution in [-0.4, -0.2) is 54.9 Å². The molecule has 0 unspecified atom stereocenters. The molecule has 2 aromatic heterocycles. The minimum atomic E-state index is -3.45. The number of ether oxygens (including phenoxy) is 1. The Kier molecular flexibility index (Phi) is 5.54. The SMILES string of the molecule is C=CS(=O)(=O)NC1CCN(C(=O)COc2ncnc3sc(C)cc23)CC1. The molecule has 0 bridgehead atoms. The summed E-state index contributed by atoms with van der Waals surface area (Å²) in [6.45, 7) is 6.10. The number of nitrogens with zero attached hydrogens (tertiary/aromatic N) is 3. The molecule has 2 aromatic rings. The van der Waals surface area contributed by atoms with Crippen LogP contribution in [0.4, 0.5) is 0 Å². The first-order chi connectivity index (χ1) is 12.4. The van der Waals surface area contributed by atoms with Crippen LogP contribution in [-0.2, 0) is 14.8 Å². The zero-order valence-corrected chi connectivity index (χ0v) is 16.0. The van der Waals surface area contributed by atoms with Gasteiger partial charge in [0, 0.05) is 29.4 Å². The van der Waals surface area contributed by atoms with Crippen molar-refractivity contribution < 1.29 is 17.9 Å². The molecule has 26 heavy (non-hydrogen) atoms. The molecule has 0 radical (unpaired) electrons. The number of aryl methyl sites for hydroxylation is 1. The van der Waals surface area contributed by atoms with Crippen molar-refractivity contribution in [3.05, 3.63) is 29.3 Å². The molecule has 140 valence electrons. The number of likely N-dealkylation sites (tertiary alicyclic amines) is 1. The van der Waals surface area contributed by atoms with E-state index in [0.717, 1.165) is 20.5 Å². The summed E-state index contributed by atoms with van der Waals surface area (Å²) in [6, 6.07) is 1.76. The van der Waals surface area contributed by atoms with E-state index in [1.807, 2.05) is 13.0 Å². The molecule has 0 aromatic carbocycles. The lowest BCUT2D eigenvalue weighted by Crippen LogP contribution is -2.47. The number of fused-ring (bicyclic) bond motifs is 1. The van der Waals surface area contributed by atoms with Gasteiger partial charge in [0.1, 0.15) is 11.2 Å². The number of hydrogen-bond donors (Lipinski definition) is 1. The quantitative estimate of drug-likeness (QED) is 0.793. The molecule has 0 atom stereocenters. The van der Waals surface area contributed by atoms with Crippen molar-refractivity contribution in [2.45, 2.75) is 25.8 Å². The number of piperidine rings is 1. The molecule has 0 spiro atoms. The molecule has 1 amide bonds. The Morgan fingerprint density at radius 3 is 2.88 bits per heavy atom. The highest BCUT2D eigenvalue weighted by molar-refractivity contribution is 7.92.